The average molecular weight is 208 g/mol. The van der Waals surface area contributed by atoms with Crippen LogP contribution in [-0.2, 0) is 0 Å². The minimum Gasteiger partial charge on any atom is -0.399 e. The first-order valence-corrected chi connectivity index (χ1v) is 5.08. The molecule has 0 saturated heterocycles. The third kappa shape index (κ3) is 2.86. The van der Waals surface area contributed by atoms with Gasteiger partial charge < -0.3 is 16.2 Å². The number of nitrogen functional groups attached to an aromatic ring is 1. The summed E-state index contributed by atoms with van der Waals surface area (Å²) < 4.78 is 0. The summed E-state index contributed by atoms with van der Waals surface area (Å²) in [5.74, 6) is 0. The Labute approximate surface area is 91.3 Å². The zero-order valence-corrected chi connectivity index (χ0v) is 9.83. The monoisotopic (exact) mass is 208 g/mol. The normalized spacial score (nSPS) is 12.6. The predicted molar refractivity (Wildman–Crippen MR) is 64.9 cm³/mol. The topological polar surface area (TPSA) is 58.3 Å². The zero-order chi connectivity index (χ0) is 11.7. The Hall–Kier alpha value is -1.22. The van der Waals surface area contributed by atoms with Crippen LogP contribution in [0.4, 0.5) is 11.4 Å². The van der Waals surface area contributed by atoms with E-state index >= 15 is 0 Å². The van der Waals surface area contributed by atoms with Gasteiger partial charge in [0.15, 0.2) is 0 Å². The van der Waals surface area contributed by atoms with E-state index in [-0.39, 0.29) is 0 Å². The van der Waals surface area contributed by atoms with E-state index in [1.807, 2.05) is 38.1 Å². The SMILES string of the molecule is CC(C)(O)C(C)(C)Nc1ccc(N)cc1. The van der Waals surface area contributed by atoms with Crippen LogP contribution >= 0.6 is 0 Å². The summed E-state index contributed by atoms with van der Waals surface area (Å²) in [6.07, 6.45) is 0. The van der Waals surface area contributed by atoms with Crippen LogP contribution in [0.1, 0.15) is 27.7 Å². The Balaban J connectivity index is 2.82. The van der Waals surface area contributed by atoms with Crippen LogP contribution in [0.2, 0.25) is 0 Å². The van der Waals surface area contributed by atoms with Gasteiger partial charge >= 0.3 is 0 Å². The summed E-state index contributed by atoms with van der Waals surface area (Å²) in [6.45, 7) is 7.50. The van der Waals surface area contributed by atoms with Crippen LogP contribution in [0.15, 0.2) is 24.3 Å². The fourth-order valence-corrected chi connectivity index (χ4v) is 1.08. The van der Waals surface area contributed by atoms with Crippen molar-refractivity contribution in [2.24, 2.45) is 0 Å². The van der Waals surface area contributed by atoms with Crippen molar-refractivity contribution < 1.29 is 5.11 Å². The first kappa shape index (κ1) is 11.9. The molecule has 0 saturated carbocycles. The number of anilines is 2. The van der Waals surface area contributed by atoms with Crippen LogP contribution in [0.3, 0.4) is 0 Å². The van der Waals surface area contributed by atoms with Gasteiger partial charge in [0.25, 0.3) is 0 Å². The van der Waals surface area contributed by atoms with Gasteiger partial charge in [0, 0.05) is 11.4 Å². The second-order valence-corrected chi connectivity index (χ2v) is 4.93. The third-order valence-electron chi connectivity index (χ3n) is 2.90. The Morgan fingerprint density at radius 2 is 1.53 bits per heavy atom. The molecule has 0 aromatic heterocycles. The van der Waals surface area contributed by atoms with E-state index in [2.05, 4.69) is 5.32 Å². The summed E-state index contributed by atoms with van der Waals surface area (Å²) in [4.78, 5) is 0. The molecule has 1 aromatic carbocycles. The third-order valence-corrected chi connectivity index (χ3v) is 2.90. The van der Waals surface area contributed by atoms with Gasteiger partial charge in [0.2, 0.25) is 0 Å². The maximum absolute atomic E-state index is 9.97. The highest BCUT2D eigenvalue weighted by Gasteiger charge is 2.34. The molecule has 4 N–H and O–H groups in total. The van der Waals surface area contributed by atoms with Crippen molar-refractivity contribution in [2.75, 3.05) is 11.1 Å². The van der Waals surface area contributed by atoms with E-state index in [0.29, 0.717) is 0 Å². The molecular formula is C12H20N2O. The number of hydrogen-bond acceptors (Lipinski definition) is 3. The molecule has 0 atom stereocenters. The van der Waals surface area contributed by atoms with Crippen molar-refractivity contribution in [3.8, 4) is 0 Å². The second kappa shape index (κ2) is 3.74. The van der Waals surface area contributed by atoms with Crippen molar-refractivity contribution >= 4 is 11.4 Å². The molecule has 3 nitrogen and oxygen atoms in total. The molecule has 0 unspecified atom stereocenters. The number of aliphatic hydroxyl groups is 1. The minimum atomic E-state index is -0.797. The van der Waals surface area contributed by atoms with E-state index in [1.165, 1.54) is 0 Å². The number of nitrogens with two attached hydrogens (primary N) is 1. The first-order valence-electron chi connectivity index (χ1n) is 5.08. The minimum absolute atomic E-state index is 0.400. The highest BCUT2D eigenvalue weighted by molar-refractivity contribution is 5.52. The molecule has 0 radical (unpaired) electrons. The van der Waals surface area contributed by atoms with Crippen LogP contribution in [0.5, 0.6) is 0 Å². The van der Waals surface area contributed by atoms with Crippen molar-refractivity contribution in [3.63, 3.8) is 0 Å². The summed E-state index contributed by atoms with van der Waals surface area (Å²) in [5, 5.41) is 13.3. The Morgan fingerprint density at radius 1 is 1.07 bits per heavy atom. The molecule has 0 heterocycles. The van der Waals surface area contributed by atoms with Gasteiger partial charge in [-0.1, -0.05) is 0 Å². The van der Waals surface area contributed by atoms with Crippen LogP contribution in [0, 0.1) is 0 Å². The highest BCUT2D eigenvalue weighted by atomic mass is 16.3. The van der Waals surface area contributed by atoms with Gasteiger partial charge in [-0.05, 0) is 52.0 Å². The lowest BCUT2D eigenvalue weighted by Gasteiger charge is -2.38. The van der Waals surface area contributed by atoms with Gasteiger partial charge in [-0.15, -0.1) is 0 Å². The molecule has 0 amide bonds. The summed E-state index contributed by atoms with van der Waals surface area (Å²) >= 11 is 0. The van der Waals surface area contributed by atoms with Crippen molar-refractivity contribution in [3.05, 3.63) is 24.3 Å². The summed E-state index contributed by atoms with van der Waals surface area (Å²) in [6, 6.07) is 7.48. The molecule has 3 heteroatoms. The van der Waals surface area contributed by atoms with E-state index in [1.54, 1.807) is 13.8 Å². The highest BCUT2D eigenvalue weighted by Crippen LogP contribution is 2.26. The van der Waals surface area contributed by atoms with Crippen LogP contribution in [-0.4, -0.2) is 16.2 Å². The Kier molecular flexibility index (Phi) is 2.95. The molecule has 0 aliphatic carbocycles. The van der Waals surface area contributed by atoms with Gasteiger partial charge in [0.05, 0.1) is 11.1 Å². The van der Waals surface area contributed by atoms with Gasteiger partial charge in [0.1, 0.15) is 0 Å². The van der Waals surface area contributed by atoms with Crippen LogP contribution in [0.25, 0.3) is 0 Å². The number of nitrogens with one attached hydrogen (secondary N) is 1. The van der Waals surface area contributed by atoms with Crippen molar-refractivity contribution in [1.82, 2.24) is 0 Å². The molecule has 84 valence electrons. The predicted octanol–water partition coefficient (Wildman–Crippen LogP) is 2.23. The van der Waals surface area contributed by atoms with E-state index in [4.69, 9.17) is 5.73 Å². The fourth-order valence-electron chi connectivity index (χ4n) is 1.08. The van der Waals surface area contributed by atoms with Gasteiger partial charge in [-0.3, -0.25) is 0 Å². The molecule has 0 aliphatic rings. The maximum atomic E-state index is 9.97. The molecule has 0 fully saturated rings. The van der Waals surface area contributed by atoms with Gasteiger partial charge in [-0.2, -0.15) is 0 Å². The van der Waals surface area contributed by atoms with E-state index in [9.17, 15) is 5.11 Å². The number of rotatable bonds is 3. The quantitative estimate of drug-likeness (QED) is 0.668. The fraction of sp³-hybridized carbons (Fsp3) is 0.500. The van der Waals surface area contributed by atoms with E-state index in [0.717, 1.165) is 11.4 Å². The smallest absolute Gasteiger partial charge is 0.0814 e. The maximum Gasteiger partial charge on any atom is 0.0814 e. The standard InChI is InChI=1S/C12H20N2O/c1-11(2,12(3,4)15)14-10-7-5-9(13)6-8-10/h5-8,14-15H,13H2,1-4H3. The van der Waals surface area contributed by atoms with E-state index < -0.39 is 11.1 Å². The molecule has 1 rings (SSSR count). The van der Waals surface area contributed by atoms with Crippen LogP contribution < -0.4 is 11.1 Å². The summed E-state index contributed by atoms with van der Waals surface area (Å²) in [7, 11) is 0. The lowest BCUT2D eigenvalue weighted by molar-refractivity contribution is 0.0240. The number of benzene rings is 1. The molecular weight excluding hydrogens is 188 g/mol. The Bertz CT molecular complexity index is 322. The molecule has 0 spiro atoms. The largest absolute Gasteiger partial charge is 0.399 e. The lowest BCUT2D eigenvalue weighted by Crippen LogP contribution is -2.51. The van der Waals surface area contributed by atoms with Gasteiger partial charge in [-0.25, -0.2) is 0 Å². The van der Waals surface area contributed by atoms with Crippen molar-refractivity contribution in [1.29, 1.82) is 0 Å². The Morgan fingerprint density at radius 3 is 1.93 bits per heavy atom. The average Bonchev–Trinajstić information content (AvgIpc) is 2.06. The zero-order valence-electron chi connectivity index (χ0n) is 9.83. The molecule has 0 bridgehead atoms. The molecule has 15 heavy (non-hydrogen) atoms. The second-order valence-electron chi connectivity index (χ2n) is 4.93. The van der Waals surface area contributed by atoms with Crippen molar-refractivity contribution in [2.45, 2.75) is 38.8 Å². The molecule has 1 aromatic rings. The summed E-state index contributed by atoms with van der Waals surface area (Å²) in [5.41, 5.74) is 6.09. The molecule has 0 aliphatic heterocycles. The first-order chi connectivity index (χ1) is 6.72. The number of hydrogen-bond donors (Lipinski definition) is 3. The lowest BCUT2D eigenvalue weighted by atomic mass is 9.86.